The molecule has 0 aliphatic heterocycles. The molecule has 0 atom stereocenters. The van der Waals surface area contributed by atoms with Crippen LogP contribution in [0.3, 0.4) is 0 Å². The first kappa shape index (κ1) is 17.1. The van der Waals surface area contributed by atoms with Crippen molar-refractivity contribution in [3.05, 3.63) is 30.0 Å². The molecule has 0 saturated heterocycles. The third-order valence-electron chi connectivity index (χ3n) is 6.18. The highest BCUT2D eigenvalue weighted by molar-refractivity contribution is 6.09. The number of hydrogen-bond donors (Lipinski definition) is 0. The molecule has 0 amide bonds. The van der Waals surface area contributed by atoms with Crippen molar-refractivity contribution in [1.29, 1.82) is 0 Å². The Balaban J connectivity index is 1.90. The Bertz CT molecular complexity index is 746. The zero-order chi connectivity index (χ0) is 17.5. The van der Waals surface area contributed by atoms with E-state index in [1.165, 1.54) is 0 Å². The van der Waals surface area contributed by atoms with Crippen LogP contribution < -0.4 is 0 Å². The number of aromatic nitrogens is 2. The molecule has 1 saturated carbocycles. The van der Waals surface area contributed by atoms with E-state index in [1.54, 1.807) is 0 Å². The topological polar surface area (TPSA) is 34.9 Å². The largest absolute Gasteiger partial charge is 0.292 e. The smallest absolute Gasteiger partial charge is 0.187 e. The van der Waals surface area contributed by atoms with Gasteiger partial charge in [-0.05, 0) is 36.2 Å². The van der Waals surface area contributed by atoms with E-state index < -0.39 is 0 Å². The summed E-state index contributed by atoms with van der Waals surface area (Å²) >= 11 is 0. The molecule has 1 aromatic carbocycles. The summed E-state index contributed by atoms with van der Waals surface area (Å²) in [6.07, 6.45) is 2.32. The number of hydrogen-bond acceptors (Lipinski definition) is 2. The van der Waals surface area contributed by atoms with Crippen LogP contribution in [-0.4, -0.2) is 22.2 Å². The van der Waals surface area contributed by atoms with Crippen LogP contribution in [0.1, 0.15) is 57.4 Å². The van der Waals surface area contributed by atoms with E-state index in [0.717, 1.165) is 30.3 Å². The van der Waals surface area contributed by atoms with E-state index in [-0.39, 0.29) is 29.2 Å². The molecule has 3 nitrogen and oxygen atoms in total. The fraction of sp³-hybridized carbons (Fsp3) is 0.600. The first-order valence-electron chi connectivity index (χ1n) is 8.88. The van der Waals surface area contributed by atoms with Crippen molar-refractivity contribution in [2.24, 2.45) is 16.7 Å². The minimum absolute atomic E-state index is 0.0100. The van der Waals surface area contributed by atoms with Crippen LogP contribution in [0.4, 0.5) is 4.39 Å². The maximum atomic E-state index is 13.1. The molecule has 4 heteroatoms. The Hall–Kier alpha value is -1.71. The van der Waals surface area contributed by atoms with Crippen LogP contribution >= 0.6 is 0 Å². The Morgan fingerprint density at radius 3 is 2.42 bits per heavy atom. The summed E-state index contributed by atoms with van der Waals surface area (Å²) in [5.41, 5.74) is 1.61. The maximum Gasteiger partial charge on any atom is 0.187 e. The van der Waals surface area contributed by atoms with Gasteiger partial charge < -0.3 is 0 Å². The number of carbonyl (C=O) groups excluding carboxylic acids is 1. The molecule has 1 heterocycles. The van der Waals surface area contributed by atoms with E-state index in [0.29, 0.717) is 12.1 Å². The summed E-state index contributed by atoms with van der Waals surface area (Å²) in [6.45, 7) is 9.09. The lowest BCUT2D eigenvalue weighted by Crippen LogP contribution is -2.10. The number of rotatable bonds is 7. The molecule has 1 fully saturated rings. The zero-order valence-corrected chi connectivity index (χ0v) is 15.1. The van der Waals surface area contributed by atoms with E-state index in [1.807, 2.05) is 28.9 Å². The molecule has 0 radical (unpaired) electrons. The predicted octanol–water partition coefficient (Wildman–Crippen LogP) is 5.04. The minimum atomic E-state index is -0.268. The quantitative estimate of drug-likeness (QED) is 0.526. The monoisotopic (exact) mass is 330 g/mol. The number of para-hydroxylation sites is 1. The van der Waals surface area contributed by atoms with Gasteiger partial charge in [0.25, 0.3) is 0 Å². The molecule has 130 valence electrons. The van der Waals surface area contributed by atoms with Gasteiger partial charge in [-0.2, -0.15) is 5.10 Å². The number of unbranched alkanes of at least 4 members (excludes halogenated alkanes) is 2. The highest BCUT2D eigenvalue weighted by atomic mass is 19.1. The number of aryl methyl sites for hydroxylation is 1. The zero-order valence-electron chi connectivity index (χ0n) is 15.1. The highest BCUT2D eigenvalue weighted by Crippen LogP contribution is 2.69. The van der Waals surface area contributed by atoms with Gasteiger partial charge in [0.05, 0.1) is 12.2 Å². The summed E-state index contributed by atoms with van der Waals surface area (Å²) in [7, 11) is 0. The van der Waals surface area contributed by atoms with Crippen LogP contribution in [0.25, 0.3) is 10.9 Å². The normalized spacial score (nSPS) is 18.9. The Kier molecular flexibility index (Phi) is 4.27. The first-order valence-corrected chi connectivity index (χ1v) is 8.88. The van der Waals surface area contributed by atoms with Crippen LogP contribution in [0.5, 0.6) is 0 Å². The van der Waals surface area contributed by atoms with Crippen molar-refractivity contribution in [3.63, 3.8) is 0 Å². The van der Waals surface area contributed by atoms with Crippen molar-refractivity contribution in [2.75, 3.05) is 6.67 Å². The van der Waals surface area contributed by atoms with Gasteiger partial charge >= 0.3 is 0 Å². The van der Waals surface area contributed by atoms with Crippen molar-refractivity contribution >= 4 is 16.7 Å². The summed E-state index contributed by atoms with van der Waals surface area (Å²) in [5, 5.41) is 5.59. The lowest BCUT2D eigenvalue weighted by Gasteiger charge is -2.03. The second-order valence-electron chi connectivity index (χ2n) is 8.08. The minimum Gasteiger partial charge on any atom is -0.292 e. The van der Waals surface area contributed by atoms with E-state index in [9.17, 15) is 9.18 Å². The fourth-order valence-corrected chi connectivity index (χ4v) is 4.00. The molecule has 1 aromatic heterocycles. The number of fused-ring (bicyclic) bond motifs is 1. The molecule has 0 bridgehead atoms. The summed E-state index contributed by atoms with van der Waals surface area (Å²) in [4.78, 5) is 13.1. The van der Waals surface area contributed by atoms with E-state index in [2.05, 4.69) is 32.8 Å². The molecule has 2 aromatic rings. The molecule has 0 spiro atoms. The van der Waals surface area contributed by atoms with Gasteiger partial charge in [0.2, 0.25) is 0 Å². The van der Waals surface area contributed by atoms with Gasteiger partial charge in [0.15, 0.2) is 5.78 Å². The Morgan fingerprint density at radius 1 is 1.12 bits per heavy atom. The van der Waals surface area contributed by atoms with Gasteiger partial charge in [-0.15, -0.1) is 0 Å². The average molecular weight is 330 g/mol. The SMILES string of the molecule is CC1(C)C(C(=O)c2nn(CCCCCF)c3ccccc23)C1(C)C. The molecular weight excluding hydrogens is 303 g/mol. The molecular formula is C20H27FN2O. The van der Waals surface area contributed by atoms with Gasteiger partial charge in [-0.1, -0.05) is 45.9 Å². The number of Topliss-reactive ketones (excluding diaryl/α,β-unsaturated/α-hetero) is 1. The van der Waals surface area contributed by atoms with Gasteiger partial charge in [0, 0.05) is 17.8 Å². The van der Waals surface area contributed by atoms with Crippen LogP contribution in [0.15, 0.2) is 24.3 Å². The first-order chi connectivity index (χ1) is 11.3. The lowest BCUT2D eigenvalue weighted by molar-refractivity contribution is 0.0941. The number of carbonyl (C=O) groups is 1. The summed E-state index contributed by atoms with van der Waals surface area (Å²) in [6, 6.07) is 7.92. The number of alkyl halides is 1. The Morgan fingerprint density at radius 2 is 1.79 bits per heavy atom. The number of halogens is 1. The predicted molar refractivity (Wildman–Crippen MR) is 94.9 cm³/mol. The number of benzene rings is 1. The van der Waals surface area contributed by atoms with Crippen molar-refractivity contribution in [3.8, 4) is 0 Å². The van der Waals surface area contributed by atoms with Crippen LogP contribution in [-0.2, 0) is 6.54 Å². The fourth-order valence-electron chi connectivity index (χ4n) is 4.00. The van der Waals surface area contributed by atoms with Crippen molar-refractivity contribution < 1.29 is 9.18 Å². The van der Waals surface area contributed by atoms with Crippen molar-refractivity contribution in [2.45, 2.75) is 53.5 Å². The number of nitrogens with zero attached hydrogens (tertiary/aromatic N) is 2. The third-order valence-corrected chi connectivity index (χ3v) is 6.18. The molecule has 1 aliphatic rings. The average Bonchev–Trinajstić information content (AvgIpc) is 2.83. The molecule has 1 aliphatic carbocycles. The van der Waals surface area contributed by atoms with E-state index in [4.69, 9.17) is 0 Å². The summed E-state index contributed by atoms with van der Waals surface area (Å²) in [5.74, 6) is 0.173. The second-order valence-corrected chi connectivity index (χ2v) is 8.08. The van der Waals surface area contributed by atoms with Crippen LogP contribution in [0.2, 0.25) is 0 Å². The standard InChI is InChI=1S/C20H27FN2O/c1-19(2)18(20(19,3)4)17(24)16-14-10-6-7-11-15(14)23(22-16)13-9-5-8-12-21/h6-7,10-11,18H,5,8-9,12-13H2,1-4H3. The molecule has 0 unspecified atom stereocenters. The van der Waals surface area contributed by atoms with E-state index >= 15 is 0 Å². The Labute approximate surface area is 143 Å². The van der Waals surface area contributed by atoms with Crippen molar-refractivity contribution in [1.82, 2.24) is 9.78 Å². The van der Waals surface area contributed by atoms with Crippen LogP contribution in [0, 0.1) is 16.7 Å². The third kappa shape index (κ3) is 2.56. The highest BCUT2D eigenvalue weighted by Gasteiger charge is 2.68. The number of ketones is 1. The molecule has 3 rings (SSSR count). The maximum absolute atomic E-state index is 13.1. The lowest BCUT2D eigenvalue weighted by atomic mass is 10.0. The summed E-state index contributed by atoms with van der Waals surface area (Å²) < 4.78 is 14.2. The molecule has 24 heavy (non-hydrogen) atoms. The van der Waals surface area contributed by atoms with Gasteiger partial charge in [-0.3, -0.25) is 13.9 Å². The second kappa shape index (κ2) is 5.98. The van der Waals surface area contributed by atoms with Gasteiger partial charge in [0.1, 0.15) is 5.69 Å². The van der Waals surface area contributed by atoms with Gasteiger partial charge in [-0.25, -0.2) is 0 Å². The molecule has 0 N–H and O–H groups in total.